The summed E-state index contributed by atoms with van der Waals surface area (Å²) in [5, 5.41) is 9.65. The summed E-state index contributed by atoms with van der Waals surface area (Å²) in [5.74, 6) is -1.91. The Balaban J connectivity index is 2.38. The van der Waals surface area contributed by atoms with E-state index >= 15 is 0 Å². The van der Waals surface area contributed by atoms with Gasteiger partial charge >= 0.3 is 0 Å². The molecule has 0 spiro atoms. The van der Waals surface area contributed by atoms with E-state index in [9.17, 15) is 24.3 Å². The summed E-state index contributed by atoms with van der Waals surface area (Å²) in [6.07, 6.45) is 8.49. The Hall–Kier alpha value is -4.35. The average Bonchev–Trinajstić information content (AvgIpc) is 2.94. The number of amides is 4. The fourth-order valence-corrected chi connectivity index (χ4v) is 4.72. The Bertz CT molecular complexity index is 1170. The van der Waals surface area contributed by atoms with Crippen LogP contribution in [0.3, 0.4) is 0 Å². The van der Waals surface area contributed by atoms with Gasteiger partial charge in [0.25, 0.3) is 0 Å². The molecule has 12 nitrogen and oxygen atoms in total. The van der Waals surface area contributed by atoms with Crippen molar-refractivity contribution in [2.75, 3.05) is 27.7 Å². The third-order valence-corrected chi connectivity index (χ3v) is 7.34. The summed E-state index contributed by atoms with van der Waals surface area (Å²) in [6.45, 7) is 1.59. The zero-order valence-electron chi connectivity index (χ0n) is 24.3. The molecule has 0 heterocycles. The van der Waals surface area contributed by atoms with Crippen molar-refractivity contribution in [3.8, 4) is 5.75 Å². The lowest BCUT2D eigenvalue weighted by Gasteiger charge is -2.37. The zero-order valence-corrected chi connectivity index (χ0v) is 24.3. The van der Waals surface area contributed by atoms with E-state index in [1.54, 1.807) is 12.1 Å². The van der Waals surface area contributed by atoms with Gasteiger partial charge in [-0.05, 0) is 49.8 Å². The first kappa shape index (κ1) is 32.9. The number of guanidine groups is 1. The number of phenols is 1. The molecule has 1 aromatic rings. The summed E-state index contributed by atoms with van der Waals surface area (Å²) in [4.78, 5) is 60.6. The van der Waals surface area contributed by atoms with E-state index in [-0.39, 0.29) is 43.4 Å². The van der Waals surface area contributed by atoms with Gasteiger partial charge in [-0.15, -0.1) is 0 Å². The molecule has 1 aliphatic carbocycles. The number of primary amides is 1. The molecule has 1 aromatic carbocycles. The van der Waals surface area contributed by atoms with Crippen molar-refractivity contribution in [2.24, 2.45) is 22.2 Å². The van der Waals surface area contributed by atoms with Gasteiger partial charge in [0.1, 0.15) is 23.9 Å². The molecule has 0 saturated carbocycles. The fraction of sp³-hybridized carbons (Fsp3) is 0.483. The Labute approximate surface area is 241 Å². The lowest BCUT2D eigenvalue weighted by molar-refractivity contribution is -0.151. The van der Waals surface area contributed by atoms with Gasteiger partial charge in [-0.25, -0.2) is 0 Å². The molecule has 41 heavy (non-hydrogen) atoms. The van der Waals surface area contributed by atoms with E-state index in [1.165, 1.54) is 54.9 Å². The number of aromatic hydroxyl groups is 1. The molecule has 4 amide bonds. The van der Waals surface area contributed by atoms with Crippen LogP contribution in [0.4, 0.5) is 0 Å². The van der Waals surface area contributed by atoms with Gasteiger partial charge < -0.3 is 37.0 Å². The second-order valence-corrected chi connectivity index (χ2v) is 10.3. The molecule has 3 unspecified atom stereocenters. The van der Waals surface area contributed by atoms with E-state index < -0.39 is 35.8 Å². The molecule has 2 rings (SSSR count). The van der Waals surface area contributed by atoms with Crippen LogP contribution in [0, 0.1) is 0 Å². The molecule has 0 saturated heterocycles. The number of allylic oxidation sites excluding steroid dienone is 3. The fourth-order valence-electron chi connectivity index (χ4n) is 4.72. The Morgan fingerprint density at radius 2 is 1.51 bits per heavy atom. The topological polar surface area (TPSA) is 189 Å². The molecule has 12 heteroatoms. The number of hydrogen-bond acceptors (Lipinski definition) is 6. The van der Waals surface area contributed by atoms with Gasteiger partial charge in [0.2, 0.25) is 23.6 Å². The average molecular weight is 570 g/mol. The first-order valence-corrected chi connectivity index (χ1v) is 13.6. The smallest absolute Gasteiger partial charge is 0.246 e. The number of carbonyl (C=O) groups excluding carboxylic acids is 4. The molecule has 1 aliphatic rings. The molecule has 0 fully saturated rings. The van der Waals surface area contributed by atoms with Crippen molar-refractivity contribution in [3.63, 3.8) is 0 Å². The predicted octanol–water partition coefficient (Wildman–Crippen LogP) is 0.641. The molecule has 7 N–H and O–H groups in total. The van der Waals surface area contributed by atoms with E-state index in [0.717, 1.165) is 24.0 Å². The molecule has 0 radical (unpaired) electrons. The first-order valence-electron chi connectivity index (χ1n) is 13.6. The monoisotopic (exact) mass is 569 g/mol. The molecule has 0 bridgehead atoms. The number of carbonyl (C=O) groups is 4. The van der Waals surface area contributed by atoms with Gasteiger partial charge in [0.05, 0.1) is 0 Å². The van der Waals surface area contributed by atoms with Crippen LogP contribution in [0.1, 0.15) is 44.6 Å². The largest absolute Gasteiger partial charge is 0.508 e. The second-order valence-electron chi connectivity index (χ2n) is 10.3. The van der Waals surface area contributed by atoms with Crippen molar-refractivity contribution in [1.82, 2.24) is 14.7 Å². The molecule has 224 valence electrons. The normalized spacial score (nSPS) is 14.7. The maximum atomic E-state index is 13.9. The summed E-state index contributed by atoms with van der Waals surface area (Å²) < 4.78 is 0. The minimum atomic E-state index is -0.980. The van der Waals surface area contributed by atoms with Gasteiger partial charge in [0.15, 0.2) is 5.96 Å². The standard InChI is InChI=1S/C29H43N7O5/c1-19(37)34(2)25(18-21-12-14-22(38)15-13-21)28(41)35(3)23(11-8-16-33-29(31)32)27(40)36(4)24(26(30)39)17-20-9-6-5-7-10-20/h5-6,9,12-15,23-25,38H,7-8,10-11,16-18H2,1-4H3,(H2,30,39)(H4,31,32,33). The first-order chi connectivity index (χ1) is 19.3. The highest BCUT2D eigenvalue weighted by Crippen LogP contribution is 2.22. The number of aliphatic imine (C=N–C) groups is 1. The summed E-state index contributed by atoms with van der Waals surface area (Å²) >= 11 is 0. The number of benzene rings is 1. The second kappa shape index (κ2) is 15.4. The number of rotatable bonds is 14. The molecular weight excluding hydrogens is 526 g/mol. The minimum Gasteiger partial charge on any atom is -0.508 e. The SMILES string of the molecule is CC(=O)N(C)C(Cc1ccc(O)cc1)C(=O)N(C)C(CCCN=C(N)N)C(=O)N(C)C(CC1=CC=CCC1)C(N)=O. The summed E-state index contributed by atoms with van der Waals surface area (Å²) in [6, 6.07) is 3.53. The third-order valence-electron chi connectivity index (χ3n) is 7.34. The van der Waals surface area contributed by atoms with Crippen molar-refractivity contribution in [1.29, 1.82) is 0 Å². The van der Waals surface area contributed by atoms with Crippen LogP contribution < -0.4 is 17.2 Å². The van der Waals surface area contributed by atoms with E-state index in [2.05, 4.69) is 4.99 Å². The summed E-state index contributed by atoms with van der Waals surface area (Å²) in [5.41, 5.74) is 18.3. The van der Waals surface area contributed by atoms with E-state index in [1.807, 2.05) is 18.2 Å². The van der Waals surface area contributed by atoms with Crippen molar-refractivity contribution in [3.05, 3.63) is 53.6 Å². The maximum absolute atomic E-state index is 13.9. The lowest BCUT2D eigenvalue weighted by Crippen LogP contribution is -2.57. The van der Waals surface area contributed by atoms with Gasteiger partial charge in [-0.1, -0.05) is 35.9 Å². The van der Waals surface area contributed by atoms with Gasteiger partial charge in [-0.2, -0.15) is 0 Å². The summed E-state index contributed by atoms with van der Waals surface area (Å²) in [7, 11) is 4.54. The highest BCUT2D eigenvalue weighted by molar-refractivity contribution is 5.94. The quantitative estimate of drug-likeness (QED) is 0.144. The zero-order chi connectivity index (χ0) is 30.7. The molecule has 0 aliphatic heterocycles. The number of hydrogen-bond donors (Lipinski definition) is 4. The van der Waals surface area contributed by atoms with Crippen LogP contribution in [0.5, 0.6) is 5.75 Å². The van der Waals surface area contributed by atoms with Gasteiger partial charge in [-0.3, -0.25) is 24.2 Å². The predicted molar refractivity (Wildman–Crippen MR) is 157 cm³/mol. The van der Waals surface area contributed by atoms with E-state index in [4.69, 9.17) is 17.2 Å². The van der Waals surface area contributed by atoms with Crippen LogP contribution in [0.25, 0.3) is 0 Å². The molecule has 0 aromatic heterocycles. The van der Waals surface area contributed by atoms with Crippen LogP contribution in [0.15, 0.2) is 53.1 Å². The van der Waals surface area contributed by atoms with E-state index in [0.29, 0.717) is 6.42 Å². The number of phenolic OH excluding ortho intramolecular Hbond substituents is 1. The lowest BCUT2D eigenvalue weighted by atomic mass is 9.96. The van der Waals surface area contributed by atoms with Crippen LogP contribution in [0.2, 0.25) is 0 Å². The highest BCUT2D eigenvalue weighted by atomic mass is 16.3. The maximum Gasteiger partial charge on any atom is 0.246 e. The number of nitrogens with two attached hydrogens (primary N) is 3. The third kappa shape index (κ3) is 9.66. The van der Waals surface area contributed by atoms with Crippen LogP contribution in [-0.4, -0.2) is 95.2 Å². The number of likely N-dealkylation sites (N-methyl/N-ethyl adjacent to an activating group) is 3. The van der Waals surface area contributed by atoms with Crippen molar-refractivity contribution in [2.45, 2.75) is 63.6 Å². The van der Waals surface area contributed by atoms with Crippen LogP contribution >= 0.6 is 0 Å². The number of nitrogens with zero attached hydrogens (tertiary/aromatic N) is 4. The van der Waals surface area contributed by atoms with Crippen molar-refractivity contribution < 1.29 is 24.3 Å². The molecular formula is C29H43N7O5. The van der Waals surface area contributed by atoms with Crippen molar-refractivity contribution >= 4 is 29.6 Å². The van der Waals surface area contributed by atoms with Crippen LogP contribution in [-0.2, 0) is 25.6 Å². The highest BCUT2D eigenvalue weighted by Gasteiger charge is 2.37. The minimum absolute atomic E-state index is 0.0761. The Morgan fingerprint density at radius 1 is 0.902 bits per heavy atom. The Morgan fingerprint density at radius 3 is 2.05 bits per heavy atom. The molecule has 3 atom stereocenters. The van der Waals surface area contributed by atoms with Gasteiger partial charge in [0, 0.05) is 41.0 Å². The Kier molecular flexibility index (Phi) is 12.4.